The molecular weight excluding hydrogens is 386 g/mol. The molecule has 5 rings (SSSR count). The van der Waals surface area contributed by atoms with Crippen LogP contribution in [0.1, 0.15) is 21.6 Å². The Bertz CT molecular complexity index is 1400. The van der Waals surface area contributed by atoms with Gasteiger partial charge >= 0.3 is 0 Å². The zero-order valence-electron chi connectivity index (χ0n) is 17.5. The van der Waals surface area contributed by atoms with Crippen LogP contribution in [0, 0.1) is 6.92 Å². The Morgan fingerprint density at radius 1 is 1.10 bits per heavy atom. The third-order valence-electron chi connectivity index (χ3n) is 5.65. The molecule has 6 heteroatoms. The van der Waals surface area contributed by atoms with Gasteiger partial charge < -0.3 is 10.3 Å². The summed E-state index contributed by atoms with van der Waals surface area (Å²) in [5.41, 5.74) is 6.16. The highest BCUT2D eigenvalue weighted by Crippen LogP contribution is 2.27. The standard InChI is InChI=1S/C25H23N5O/c1-16-23-20(15-22(18-7-4-3-5-8-18)28-24(23)30(2)29-16)25(31)27-13-11-17-9-6-10-21-19(17)12-14-26-21/h3-10,12,14-15,26H,11,13H2,1-2H3,(H,27,31). The lowest BCUT2D eigenvalue weighted by Gasteiger charge is -2.10. The van der Waals surface area contributed by atoms with Gasteiger partial charge in [0.25, 0.3) is 5.91 Å². The monoisotopic (exact) mass is 409 g/mol. The molecule has 0 saturated carbocycles. The van der Waals surface area contributed by atoms with Crippen molar-refractivity contribution in [2.45, 2.75) is 13.3 Å². The number of nitrogens with one attached hydrogen (secondary N) is 2. The van der Waals surface area contributed by atoms with Crippen LogP contribution in [0.2, 0.25) is 0 Å². The molecule has 0 saturated heterocycles. The normalized spacial score (nSPS) is 11.3. The molecule has 0 unspecified atom stereocenters. The summed E-state index contributed by atoms with van der Waals surface area (Å²) in [5, 5.41) is 9.58. The molecule has 0 aliphatic rings. The number of aryl methyl sites for hydroxylation is 2. The van der Waals surface area contributed by atoms with Crippen molar-refractivity contribution in [1.82, 2.24) is 25.1 Å². The molecule has 3 aromatic heterocycles. The highest BCUT2D eigenvalue weighted by molar-refractivity contribution is 6.07. The van der Waals surface area contributed by atoms with Gasteiger partial charge in [0, 0.05) is 36.3 Å². The number of amides is 1. The minimum atomic E-state index is -0.109. The number of fused-ring (bicyclic) bond motifs is 2. The minimum Gasteiger partial charge on any atom is -0.361 e. The molecule has 0 fully saturated rings. The van der Waals surface area contributed by atoms with Crippen LogP contribution in [0.3, 0.4) is 0 Å². The average molecular weight is 409 g/mol. The van der Waals surface area contributed by atoms with Crippen molar-refractivity contribution in [3.63, 3.8) is 0 Å². The zero-order valence-corrected chi connectivity index (χ0v) is 17.5. The molecule has 0 aliphatic heterocycles. The van der Waals surface area contributed by atoms with Gasteiger partial charge in [-0.25, -0.2) is 4.98 Å². The molecule has 6 nitrogen and oxygen atoms in total. The summed E-state index contributed by atoms with van der Waals surface area (Å²) in [5.74, 6) is -0.109. The van der Waals surface area contributed by atoms with E-state index in [2.05, 4.69) is 33.6 Å². The number of hydrogen-bond donors (Lipinski definition) is 2. The van der Waals surface area contributed by atoms with E-state index in [1.54, 1.807) is 4.68 Å². The Balaban J connectivity index is 1.45. The van der Waals surface area contributed by atoms with E-state index in [1.165, 1.54) is 10.9 Å². The number of nitrogens with zero attached hydrogens (tertiary/aromatic N) is 3. The van der Waals surface area contributed by atoms with Crippen LogP contribution in [-0.4, -0.2) is 32.2 Å². The van der Waals surface area contributed by atoms with E-state index < -0.39 is 0 Å². The Kier molecular flexibility index (Phi) is 4.75. The van der Waals surface area contributed by atoms with Gasteiger partial charge in [0.05, 0.1) is 22.3 Å². The summed E-state index contributed by atoms with van der Waals surface area (Å²) in [7, 11) is 1.86. The van der Waals surface area contributed by atoms with E-state index in [4.69, 9.17) is 4.98 Å². The van der Waals surface area contributed by atoms with Crippen molar-refractivity contribution in [3.8, 4) is 11.3 Å². The average Bonchev–Trinajstić information content (AvgIpc) is 3.38. The summed E-state index contributed by atoms with van der Waals surface area (Å²) in [6, 6.07) is 20.0. The molecule has 0 atom stereocenters. The summed E-state index contributed by atoms with van der Waals surface area (Å²) in [4.78, 5) is 21.2. The molecule has 5 aromatic rings. The fraction of sp³-hybridized carbons (Fsp3) is 0.160. The van der Waals surface area contributed by atoms with E-state index in [0.717, 1.165) is 34.3 Å². The summed E-state index contributed by atoms with van der Waals surface area (Å²) >= 11 is 0. The first kappa shape index (κ1) is 19.1. The van der Waals surface area contributed by atoms with Gasteiger partial charge in [-0.2, -0.15) is 5.10 Å². The van der Waals surface area contributed by atoms with Crippen molar-refractivity contribution in [2.75, 3.05) is 6.54 Å². The molecule has 31 heavy (non-hydrogen) atoms. The van der Waals surface area contributed by atoms with Crippen LogP contribution >= 0.6 is 0 Å². The van der Waals surface area contributed by atoms with E-state index >= 15 is 0 Å². The molecule has 0 spiro atoms. The van der Waals surface area contributed by atoms with Crippen LogP contribution in [0.25, 0.3) is 33.2 Å². The van der Waals surface area contributed by atoms with Crippen LogP contribution in [0.5, 0.6) is 0 Å². The van der Waals surface area contributed by atoms with Crippen molar-refractivity contribution in [3.05, 3.63) is 83.7 Å². The largest absolute Gasteiger partial charge is 0.361 e. The van der Waals surface area contributed by atoms with Crippen LogP contribution < -0.4 is 5.32 Å². The molecule has 2 N–H and O–H groups in total. The van der Waals surface area contributed by atoms with Gasteiger partial charge in [0.15, 0.2) is 5.65 Å². The van der Waals surface area contributed by atoms with Crippen molar-refractivity contribution < 1.29 is 4.79 Å². The first-order chi connectivity index (χ1) is 15.1. The first-order valence-electron chi connectivity index (χ1n) is 10.3. The van der Waals surface area contributed by atoms with Gasteiger partial charge in [-0.3, -0.25) is 9.48 Å². The Morgan fingerprint density at radius 3 is 2.77 bits per heavy atom. The lowest BCUT2D eigenvalue weighted by Crippen LogP contribution is -2.26. The minimum absolute atomic E-state index is 0.109. The van der Waals surface area contributed by atoms with Gasteiger partial charge in [-0.1, -0.05) is 42.5 Å². The quantitative estimate of drug-likeness (QED) is 0.452. The number of pyridine rings is 1. The Hall–Kier alpha value is -3.93. The van der Waals surface area contributed by atoms with E-state index in [9.17, 15) is 4.79 Å². The van der Waals surface area contributed by atoms with Gasteiger partial charge in [0.2, 0.25) is 0 Å². The third-order valence-corrected chi connectivity index (χ3v) is 5.65. The predicted molar refractivity (Wildman–Crippen MR) is 123 cm³/mol. The lowest BCUT2D eigenvalue weighted by molar-refractivity contribution is 0.0955. The second kappa shape index (κ2) is 7.72. The van der Waals surface area contributed by atoms with Crippen molar-refractivity contribution in [2.24, 2.45) is 7.05 Å². The number of carbonyl (C=O) groups excluding carboxylic acids is 1. The van der Waals surface area contributed by atoms with E-state index in [-0.39, 0.29) is 5.91 Å². The second-order valence-corrected chi connectivity index (χ2v) is 7.69. The Labute approximate surface area is 179 Å². The summed E-state index contributed by atoms with van der Waals surface area (Å²) < 4.78 is 1.74. The van der Waals surface area contributed by atoms with Crippen LogP contribution in [0.4, 0.5) is 0 Å². The van der Waals surface area contributed by atoms with E-state index in [0.29, 0.717) is 17.8 Å². The number of hydrogen-bond acceptors (Lipinski definition) is 3. The SMILES string of the molecule is Cc1nn(C)c2nc(-c3ccccc3)cc(C(=O)NCCc3cccc4[nH]ccc34)c12. The molecule has 0 bridgehead atoms. The molecule has 2 aromatic carbocycles. The molecular formula is C25H23N5O. The highest BCUT2D eigenvalue weighted by atomic mass is 16.1. The second-order valence-electron chi connectivity index (χ2n) is 7.69. The number of aromatic amines is 1. The van der Waals surface area contributed by atoms with Crippen LogP contribution in [-0.2, 0) is 13.5 Å². The summed E-state index contributed by atoms with van der Waals surface area (Å²) in [6.45, 7) is 2.46. The Morgan fingerprint density at radius 2 is 1.94 bits per heavy atom. The molecule has 1 amide bonds. The zero-order chi connectivity index (χ0) is 21.4. The maximum Gasteiger partial charge on any atom is 0.252 e. The predicted octanol–water partition coefficient (Wildman–Crippen LogP) is 4.40. The van der Waals surface area contributed by atoms with Crippen molar-refractivity contribution in [1.29, 1.82) is 0 Å². The number of aromatic nitrogens is 4. The maximum atomic E-state index is 13.2. The number of rotatable bonds is 5. The van der Waals surface area contributed by atoms with Gasteiger partial charge in [-0.05, 0) is 37.1 Å². The molecule has 154 valence electrons. The van der Waals surface area contributed by atoms with Gasteiger partial charge in [-0.15, -0.1) is 0 Å². The molecule has 0 radical (unpaired) electrons. The number of benzene rings is 2. The fourth-order valence-corrected chi connectivity index (χ4v) is 4.16. The van der Waals surface area contributed by atoms with Crippen molar-refractivity contribution >= 4 is 27.8 Å². The number of carbonyl (C=O) groups is 1. The highest BCUT2D eigenvalue weighted by Gasteiger charge is 2.19. The number of H-pyrrole nitrogens is 1. The smallest absolute Gasteiger partial charge is 0.252 e. The van der Waals surface area contributed by atoms with Crippen LogP contribution in [0.15, 0.2) is 66.9 Å². The first-order valence-corrected chi connectivity index (χ1v) is 10.3. The summed E-state index contributed by atoms with van der Waals surface area (Å²) in [6.07, 6.45) is 2.70. The maximum absolute atomic E-state index is 13.2. The fourth-order valence-electron chi connectivity index (χ4n) is 4.16. The topological polar surface area (TPSA) is 75.6 Å². The van der Waals surface area contributed by atoms with Gasteiger partial charge in [0.1, 0.15) is 0 Å². The lowest BCUT2D eigenvalue weighted by atomic mass is 10.0. The van der Waals surface area contributed by atoms with E-state index in [1.807, 2.05) is 62.6 Å². The third kappa shape index (κ3) is 3.46. The molecule has 3 heterocycles. The molecule has 0 aliphatic carbocycles.